The Morgan fingerprint density at radius 3 is 2.34 bits per heavy atom. The second-order valence-electron chi connectivity index (χ2n) is 18.4. The molecule has 3 saturated heterocycles. The summed E-state index contributed by atoms with van der Waals surface area (Å²) in [6.07, 6.45) is -3.87. The number of alkyl halides is 1. The largest absolute Gasteiger partial charge is 0.456 e. The number of para-hydroxylation sites is 1. The van der Waals surface area contributed by atoms with Crippen molar-refractivity contribution in [3.8, 4) is 0 Å². The number of ether oxygens (including phenoxy) is 6. The van der Waals surface area contributed by atoms with Crippen LogP contribution in [0.15, 0.2) is 66.9 Å². The number of nitrogens with zero attached hydrogens (tertiary/aromatic N) is 3. The topological polar surface area (TPSA) is 172 Å². The van der Waals surface area contributed by atoms with Gasteiger partial charge in [-0.05, 0) is 96.8 Å². The van der Waals surface area contributed by atoms with Crippen molar-refractivity contribution in [3.05, 3.63) is 78.0 Å². The zero-order valence-corrected chi connectivity index (χ0v) is 39.2. The number of hydrogen-bond acceptors (Lipinski definition) is 14. The molecule has 3 fully saturated rings. The van der Waals surface area contributed by atoms with E-state index in [-0.39, 0.29) is 18.6 Å². The number of methoxy groups -OCH3 is 1. The fourth-order valence-electron chi connectivity index (χ4n) is 9.74. The number of amides is 1. The molecule has 1 N–H and O–H groups in total. The standard InChI is InChI=1S/C49H65FN4O11/c1-11-37-41-38(54(47(59)64-41)52-24-17-20-32-23-25-51-35-22-16-15-21-34(32)35)30(4)39(55)28(2)27-48(6,60-10)43(31(5)42(56)49(7,50)46(58)62-37)65-45-40(36(53(8)9)26-29(3)61-45)63-44(57)33-18-13-12-14-19-33/h12-16,18-19,21-23,25,28-31,36-38,40-41,43,45,52H,11,17,20,24,26-27H2,1-10H3/t28-,29-,30-,31+,36+,37-,38-,40-,41?,43-,45?,48+,49+/m1/s1. The number of hydrogen-bond donors (Lipinski definition) is 1. The molecule has 3 aliphatic heterocycles. The van der Waals surface area contributed by atoms with Crippen molar-refractivity contribution < 1.29 is 56.8 Å². The number of aromatic nitrogens is 1. The Kier molecular flexibility index (Phi) is 15.8. The molecule has 1 aromatic heterocycles. The number of nitrogens with one attached hydrogen (secondary N) is 1. The van der Waals surface area contributed by atoms with Gasteiger partial charge in [-0.2, -0.15) is 0 Å². The molecule has 6 rings (SSSR count). The molecule has 354 valence electrons. The number of carbonyl (C=O) groups is 5. The van der Waals surface area contributed by atoms with Gasteiger partial charge in [0.1, 0.15) is 17.9 Å². The third kappa shape index (κ3) is 10.6. The van der Waals surface area contributed by atoms with Crippen LogP contribution in [-0.2, 0) is 49.2 Å². The van der Waals surface area contributed by atoms with E-state index in [1.807, 2.05) is 56.3 Å². The van der Waals surface area contributed by atoms with Crippen LogP contribution in [0.1, 0.15) is 90.1 Å². The quantitative estimate of drug-likeness (QED) is 0.0911. The zero-order valence-electron chi connectivity index (χ0n) is 39.2. The number of Topliss-reactive ketones (excluding diaryl/α,β-unsaturated/α-hetero) is 2. The lowest BCUT2D eigenvalue weighted by molar-refractivity contribution is -0.294. The summed E-state index contributed by atoms with van der Waals surface area (Å²) >= 11 is 0. The molecule has 0 radical (unpaired) electrons. The van der Waals surface area contributed by atoms with Crippen LogP contribution >= 0.6 is 0 Å². The maximum atomic E-state index is 17.1. The summed E-state index contributed by atoms with van der Waals surface area (Å²) < 4.78 is 54.3. The second kappa shape index (κ2) is 20.7. The lowest BCUT2D eigenvalue weighted by Crippen LogP contribution is -2.61. The van der Waals surface area contributed by atoms with E-state index in [4.69, 9.17) is 28.4 Å². The van der Waals surface area contributed by atoms with Crippen LogP contribution in [-0.4, -0.2) is 132 Å². The Hall–Kier alpha value is -4.87. The number of ketones is 2. The number of rotatable bonds is 12. The highest BCUT2D eigenvalue weighted by molar-refractivity contribution is 6.08. The highest BCUT2D eigenvalue weighted by Gasteiger charge is 2.57. The third-order valence-corrected chi connectivity index (χ3v) is 13.5. The number of pyridine rings is 1. The normalized spacial score (nSPS) is 33.9. The number of benzene rings is 2. The van der Waals surface area contributed by atoms with Crippen molar-refractivity contribution in [2.75, 3.05) is 27.7 Å². The first-order valence-corrected chi connectivity index (χ1v) is 22.6. The first-order chi connectivity index (χ1) is 30.8. The van der Waals surface area contributed by atoms with Crippen LogP contribution in [0.3, 0.4) is 0 Å². The fourth-order valence-corrected chi connectivity index (χ4v) is 9.74. The summed E-state index contributed by atoms with van der Waals surface area (Å²) in [5.74, 6) is -6.68. The van der Waals surface area contributed by atoms with E-state index in [1.165, 1.54) is 19.0 Å². The van der Waals surface area contributed by atoms with Crippen LogP contribution < -0.4 is 5.43 Å². The molecular formula is C49H65FN4O11. The van der Waals surface area contributed by atoms with Crippen molar-refractivity contribution in [2.45, 2.75) is 141 Å². The molecule has 0 saturated carbocycles. The molecule has 4 heterocycles. The molecule has 16 heteroatoms. The minimum atomic E-state index is -3.22. The molecule has 15 nitrogen and oxygen atoms in total. The Labute approximate surface area is 380 Å². The summed E-state index contributed by atoms with van der Waals surface area (Å²) in [5.41, 5.74) is 0.688. The fraction of sp³-hybridized carbons (Fsp3) is 0.592. The lowest BCUT2D eigenvalue weighted by atomic mass is 9.75. The summed E-state index contributed by atoms with van der Waals surface area (Å²) in [6.45, 7) is 11.1. The Morgan fingerprint density at radius 2 is 1.66 bits per heavy atom. The van der Waals surface area contributed by atoms with Crippen LogP contribution in [0.2, 0.25) is 0 Å². The van der Waals surface area contributed by atoms with Gasteiger partial charge in [0, 0.05) is 43.0 Å². The molecule has 3 aliphatic rings. The van der Waals surface area contributed by atoms with Gasteiger partial charge in [0.25, 0.3) is 5.67 Å². The van der Waals surface area contributed by atoms with E-state index in [0.29, 0.717) is 31.4 Å². The van der Waals surface area contributed by atoms with Gasteiger partial charge in [-0.25, -0.2) is 29.2 Å². The number of aryl methyl sites for hydroxylation is 1. The average Bonchev–Trinajstić information content (AvgIpc) is 3.62. The van der Waals surface area contributed by atoms with E-state index in [2.05, 4.69) is 10.4 Å². The van der Waals surface area contributed by atoms with Gasteiger partial charge in [0.15, 0.2) is 24.3 Å². The smallest absolute Gasteiger partial charge is 0.425 e. The van der Waals surface area contributed by atoms with Crippen LogP contribution in [0, 0.1) is 17.8 Å². The van der Waals surface area contributed by atoms with Gasteiger partial charge in [-0.3, -0.25) is 14.6 Å². The molecule has 0 spiro atoms. The van der Waals surface area contributed by atoms with Crippen molar-refractivity contribution in [2.24, 2.45) is 17.8 Å². The van der Waals surface area contributed by atoms with E-state index < -0.39 is 102 Å². The lowest BCUT2D eigenvalue weighted by Gasteiger charge is -2.47. The summed E-state index contributed by atoms with van der Waals surface area (Å²) in [4.78, 5) is 76.9. The predicted molar refractivity (Wildman–Crippen MR) is 238 cm³/mol. The molecule has 65 heavy (non-hydrogen) atoms. The summed E-state index contributed by atoms with van der Waals surface area (Å²) in [7, 11) is 5.07. The highest BCUT2D eigenvalue weighted by Crippen LogP contribution is 2.40. The maximum absolute atomic E-state index is 17.1. The van der Waals surface area contributed by atoms with Crippen LogP contribution in [0.25, 0.3) is 10.9 Å². The molecule has 13 atom stereocenters. The Balaban J connectivity index is 1.32. The molecule has 0 aliphatic carbocycles. The molecule has 0 bridgehead atoms. The van der Waals surface area contributed by atoms with Gasteiger partial charge in [0.05, 0.1) is 34.9 Å². The zero-order chi connectivity index (χ0) is 47.4. The Morgan fingerprint density at radius 1 is 0.969 bits per heavy atom. The molecule has 3 aromatic rings. The van der Waals surface area contributed by atoms with Crippen molar-refractivity contribution in [3.63, 3.8) is 0 Å². The van der Waals surface area contributed by atoms with E-state index in [9.17, 15) is 24.0 Å². The van der Waals surface area contributed by atoms with Gasteiger partial charge in [-0.1, -0.05) is 64.1 Å². The number of cyclic esters (lactones) is 1. The van der Waals surface area contributed by atoms with E-state index >= 15 is 4.39 Å². The molecular weight excluding hydrogens is 840 g/mol. The average molecular weight is 905 g/mol. The highest BCUT2D eigenvalue weighted by atomic mass is 19.1. The van der Waals surface area contributed by atoms with Crippen LogP contribution in [0.4, 0.5) is 9.18 Å². The maximum Gasteiger partial charge on any atom is 0.425 e. The first kappa shape index (κ1) is 49.6. The monoisotopic (exact) mass is 904 g/mol. The first-order valence-electron chi connectivity index (χ1n) is 22.6. The molecule has 1 amide bonds. The Bertz CT molecular complexity index is 2170. The van der Waals surface area contributed by atoms with Crippen LogP contribution in [0.5, 0.6) is 0 Å². The minimum Gasteiger partial charge on any atom is -0.456 e. The van der Waals surface area contributed by atoms with Gasteiger partial charge >= 0.3 is 18.0 Å². The summed E-state index contributed by atoms with van der Waals surface area (Å²) in [5, 5.41) is 2.30. The number of halogens is 1. The molecule has 2 aromatic carbocycles. The van der Waals surface area contributed by atoms with Gasteiger partial charge in [-0.15, -0.1) is 0 Å². The molecule has 2 unspecified atom stereocenters. The number of carbonyl (C=O) groups excluding carboxylic acids is 5. The van der Waals surface area contributed by atoms with Crippen molar-refractivity contribution >= 4 is 40.5 Å². The second-order valence-corrected chi connectivity index (χ2v) is 18.4. The number of hydrazine groups is 1. The van der Waals surface area contributed by atoms with Crippen molar-refractivity contribution in [1.82, 2.24) is 20.3 Å². The summed E-state index contributed by atoms with van der Waals surface area (Å²) in [6, 6.07) is 16.8. The SMILES string of the molecule is CC[C@H]1OC(=O)[C@@](C)(F)C(=O)[C@H](C)[C@@H](OC2O[C@H](C)C[C@H](N(C)C)[C@H]2OC(=O)c2ccccc2)[C@@](C)(OC)C[C@@H](C)C(=O)[C@H](C)[C@@H]2C1OC(=O)N2NCCCc1ccnc2ccccc12. The predicted octanol–water partition coefficient (Wildman–Crippen LogP) is 6.44. The number of esters is 2. The van der Waals surface area contributed by atoms with Crippen molar-refractivity contribution in [1.29, 1.82) is 0 Å². The van der Waals surface area contributed by atoms with E-state index in [1.54, 1.807) is 64.2 Å². The number of likely N-dealkylation sites (N-methyl/N-ethyl adjacent to an activating group) is 1. The third-order valence-electron chi connectivity index (χ3n) is 13.5. The number of fused-ring (bicyclic) bond motifs is 2. The van der Waals surface area contributed by atoms with Gasteiger partial charge < -0.3 is 33.3 Å². The van der Waals surface area contributed by atoms with Gasteiger partial charge in [0.2, 0.25) is 0 Å². The van der Waals surface area contributed by atoms with E-state index in [0.717, 1.165) is 23.4 Å². The minimum absolute atomic E-state index is 0.0486.